The van der Waals surface area contributed by atoms with Crippen molar-refractivity contribution in [2.24, 2.45) is 0 Å². The highest BCUT2D eigenvalue weighted by Gasteiger charge is 2.33. The summed E-state index contributed by atoms with van der Waals surface area (Å²) in [6.45, 7) is 6.79. The molecule has 2 aromatic rings. The molecule has 0 saturated carbocycles. The largest absolute Gasteiger partial charge is 0.379 e. The van der Waals surface area contributed by atoms with Crippen LogP contribution in [-0.2, 0) is 21.3 Å². The number of hydrogen-bond acceptors (Lipinski definition) is 7. The maximum atomic E-state index is 13.1. The molecule has 11 heteroatoms. The zero-order valence-corrected chi connectivity index (χ0v) is 21.4. The quantitative estimate of drug-likeness (QED) is 0.462. The van der Waals surface area contributed by atoms with Gasteiger partial charge in [0.05, 0.1) is 19.8 Å². The summed E-state index contributed by atoms with van der Waals surface area (Å²) in [7, 11) is -3.53. The van der Waals surface area contributed by atoms with Gasteiger partial charge < -0.3 is 15.4 Å². The van der Waals surface area contributed by atoms with Crippen LogP contribution in [0.15, 0.2) is 40.6 Å². The molecule has 0 bridgehead atoms. The summed E-state index contributed by atoms with van der Waals surface area (Å²) in [4.78, 5) is 15.5. The number of halogens is 1. The van der Waals surface area contributed by atoms with Crippen LogP contribution in [0.2, 0.25) is 5.02 Å². The van der Waals surface area contributed by atoms with E-state index < -0.39 is 10.0 Å². The van der Waals surface area contributed by atoms with Gasteiger partial charge in [-0.3, -0.25) is 9.69 Å². The summed E-state index contributed by atoms with van der Waals surface area (Å²) in [5.41, 5.74) is 0.509. The third-order valence-electron chi connectivity index (χ3n) is 6.10. The highest BCUT2D eigenvalue weighted by atomic mass is 35.5. The zero-order chi connectivity index (χ0) is 24.0. The number of amides is 1. The summed E-state index contributed by atoms with van der Waals surface area (Å²) >= 11 is 7.06. The van der Waals surface area contributed by atoms with Crippen molar-refractivity contribution in [3.63, 3.8) is 0 Å². The first-order valence-electron chi connectivity index (χ1n) is 11.6. The van der Waals surface area contributed by atoms with Gasteiger partial charge in [0.25, 0.3) is 15.9 Å². The van der Waals surface area contributed by atoms with Gasteiger partial charge in [0, 0.05) is 47.7 Å². The van der Waals surface area contributed by atoms with E-state index in [-0.39, 0.29) is 18.5 Å². The molecule has 3 heterocycles. The minimum absolute atomic E-state index is 0.178. The van der Waals surface area contributed by atoms with Crippen molar-refractivity contribution in [3.8, 4) is 0 Å². The Morgan fingerprint density at radius 2 is 1.88 bits per heavy atom. The summed E-state index contributed by atoms with van der Waals surface area (Å²) < 4.78 is 33.5. The number of rotatable bonds is 10. The molecule has 0 spiro atoms. The monoisotopic (exact) mass is 526 g/mol. The first-order chi connectivity index (χ1) is 16.4. The van der Waals surface area contributed by atoms with E-state index in [2.05, 4.69) is 15.5 Å². The van der Waals surface area contributed by atoms with E-state index in [0.29, 0.717) is 27.9 Å². The number of ether oxygens (including phenoxy) is 1. The van der Waals surface area contributed by atoms with Crippen molar-refractivity contribution < 1.29 is 17.9 Å². The van der Waals surface area contributed by atoms with E-state index in [1.54, 1.807) is 40.7 Å². The van der Waals surface area contributed by atoms with Gasteiger partial charge in [-0.15, -0.1) is 11.3 Å². The number of sulfonamides is 1. The molecule has 0 aliphatic carbocycles. The van der Waals surface area contributed by atoms with Crippen molar-refractivity contribution in [3.05, 3.63) is 51.9 Å². The topological polar surface area (TPSA) is 91.0 Å². The Kier molecular flexibility index (Phi) is 8.97. The Bertz CT molecular complexity index is 1060. The Hall–Kier alpha value is -1.53. The molecule has 0 radical (unpaired) electrons. The minimum Gasteiger partial charge on any atom is -0.379 e. The average molecular weight is 527 g/mol. The standard InChI is InChI=1S/C23H31ClN4O4S2/c24-19-4-2-18(3-5-19)23(29)26-16-21-6-7-22(33-21)34(30,31)28-11-8-20(17-28)25-9-1-10-27-12-14-32-15-13-27/h2-7,20,25H,1,8-17H2,(H,26,29). The summed E-state index contributed by atoms with van der Waals surface area (Å²) in [5, 5.41) is 6.91. The van der Waals surface area contributed by atoms with Crippen molar-refractivity contribution in [2.75, 3.05) is 52.5 Å². The second-order valence-corrected chi connectivity index (χ2v) is 12.3. The van der Waals surface area contributed by atoms with Crippen LogP contribution in [0.1, 0.15) is 28.1 Å². The van der Waals surface area contributed by atoms with Crippen molar-refractivity contribution in [1.82, 2.24) is 19.8 Å². The van der Waals surface area contributed by atoms with Crippen LogP contribution in [0.4, 0.5) is 0 Å². The molecule has 1 aromatic heterocycles. The van der Waals surface area contributed by atoms with Gasteiger partial charge in [0.15, 0.2) is 0 Å². The highest BCUT2D eigenvalue weighted by Crippen LogP contribution is 2.27. The van der Waals surface area contributed by atoms with Crippen LogP contribution in [0, 0.1) is 0 Å². The number of nitrogens with zero attached hydrogens (tertiary/aromatic N) is 2. The molecular weight excluding hydrogens is 496 g/mol. The van der Waals surface area contributed by atoms with Crippen molar-refractivity contribution in [1.29, 1.82) is 0 Å². The lowest BCUT2D eigenvalue weighted by molar-refractivity contribution is 0.0374. The molecule has 8 nitrogen and oxygen atoms in total. The van der Waals surface area contributed by atoms with Crippen molar-refractivity contribution in [2.45, 2.75) is 29.6 Å². The van der Waals surface area contributed by atoms with Crippen LogP contribution in [0.5, 0.6) is 0 Å². The molecule has 2 saturated heterocycles. The molecular formula is C23H31ClN4O4S2. The van der Waals surface area contributed by atoms with Crippen LogP contribution in [-0.4, -0.2) is 82.1 Å². The molecule has 2 N–H and O–H groups in total. The first kappa shape index (κ1) is 25.6. The number of carbonyl (C=O) groups excluding carboxylic acids is 1. The Morgan fingerprint density at radius 3 is 2.65 bits per heavy atom. The maximum Gasteiger partial charge on any atom is 0.252 e. The number of thiophene rings is 1. The summed E-state index contributed by atoms with van der Waals surface area (Å²) in [6, 6.07) is 10.2. The normalized spacial score (nSPS) is 20.0. The molecule has 1 unspecified atom stereocenters. The smallest absolute Gasteiger partial charge is 0.252 e. The molecule has 1 atom stereocenters. The number of benzene rings is 1. The van der Waals surface area contributed by atoms with Crippen LogP contribution >= 0.6 is 22.9 Å². The van der Waals surface area contributed by atoms with Crippen LogP contribution in [0.25, 0.3) is 0 Å². The van der Waals surface area contributed by atoms with Gasteiger partial charge in [0.1, 0.15) is 4.21 Å². The lowest BCUT2D eigenvalue weighted by Crippen LogP contribution is -2.39. The minimum atomic E-state index is -3.53. The van der Waals surface area contributed by atoms with Crippen LogP contribution < -0.4 is 10.6 Å². The van der Waals surface area contributed by atoms with E-state index in [9.17, 15) is 13.2 Å². The summed E-state index contributed by atoms with van der Waals surface area (Å²) in [6.07, 6.45) is 1.85. The number of morpholine rings is 1. The van der Waals surface area contributed by atoms with Gasteiger partial charge in [-0.05, 0) is 62.3 Å². The third-order valence-corrected chi connectivity index (χ3v) is 9.77. The predicted molar refractivity (Wildman–Crippen MR) is 134 cm³/mol. The third kappa shape index (κ3) is 6.78. The molecule has 1 aromatic carbocycles. The van der Waals surface area contributed by atoms with Gasteiger partial charge in [-0.1, -0.05) is 11.6 Å². The molecule has 2 aliphatic rings. The second kappa shape index (κ2) is 11.9. The van der Waals surface area contributed by atoms with Gasteiger partial charge in [-0.2, -0.15) is 4.31 Å². The fraction of sp³-hybridized carbons (Fsp3) is 0.522. The zero-order valence-electron chi connectivity index (χ0n) is 19.0. The highest BCUT2D eigenvalue weighted by molar-refractivity contribution is 7.91. The summed E-state index contributed by atoms with van der Waals surface area (Å²) in [5.74, 6) is -0.225. The fourth-order valence-electron chi connectivity index (χ4n) is 4.14. The number of hydrogen-bond donors (Lipinski definition) is 2. The lowest BCUT2D eigenvalue weighted by Gasteiger charge is -2.26. The fourth-order valence-corrected chi connectivity index (χ4v) is 7.21. The van der Waals surface area contributed by atoms with E-state index in [1.165, 1.54) is 11.3 Å². The number of carbonyl (C=O) groups is 1. The van der Waals surface area contributed by atoms with E-state index >= 15 is 0 Å². The van der Waals surface area contributed by atoms with E-state index in [1.807, 2.05) is 0 Å². The van der Waals surface area contributed by atoms with Gasteiger partial charge in [-0.25, -0.2) is 8.42 Å². The molecule has 1 amide bonds. The molecule has 186 valence electrons. The Morgan fingerprint density at radius 1 is 1.12 bits per heavy atom. The second-order valence-electron chi connectivity index (χ2n) is 8.52. The predicted octanol–water partition coefficient (Wildman–Crippen LogP) is 2.41. The van der Waals surface area contributed by atoms with E-state index in [0.717, 1.165) is 57.1 Å². The van der Waals surface area contributed by atoms with Gasteiger partial charge >= 0.3 is 0 Å². The molecule has 4 rings (SSSR count). The number of nitrogens with one attached hydrogen (secondary N) is 2. The van der Waals surface area contributed by atoms with E-state index in [4.69, 9.17) is 16.3 Å². The maximum absolute atomic E-state index is 13.1. The molecule has 34 heavy (non-hydrogen) atoms. The Balaban J connectivity index is 1.22. The first-order valence-corrected chi connectivity index (χ1v) is 14.2. The van der Waals surface area contributed by atoms with Crippen LogP contribution in [0.3, 0.4) is 0 Å². The van der Waals surface area contributed by atoms with Gasteiger partial charge in [0.2, 0.25) is 0 Å². The SMILES string of the molecule is O=C(NCc1ccc(S(=O)(=O)N2CCC(NCCCN3CCOCC3)C2)s1)c1ccc(Cl)cc1. The average Bonchev–Trinajstić information content (AvgIpc) is 3.52. The molecule has 2 fully saturated rings. The Labute approximate surface area is 210 Å². The lowest BCUT2D eigenvalue weighted by atomic mass is 10.2. The van der Waals surface area contributed by atoms with Crippen molar-refractivity contribution >= 4 is 38.9 Å². The molecule has 2 aliphatic heterocycles.